The molecule has 184 valence electrons. The molecule has 1 saturated heterocycles. The number of nitrogens with one attached hydrogen (secondary N) is 2. The van der Waals surface area contributed by atoms with Crippen LogP contribution in [0.2, 0.25) is 0 Å². The monoisotopic (exact) mass is 484 g/mol. The molecule has 1 fully saturated rings. The summed E-state index contributed by atoms with van der Waals surface area (Å²) in [6.45, 7) is 1.26. The van der Waals surface area contributed by atoms with E-state index in [9.17, 15) is 9.59 Å². The number of imidazole rings is 1. The molecule has 2 N–H and O–H groups in total. The highest BCUT2D eigenvalue weighted by Crippen LogP contribution is 2.23. The number of benzene rings is 2. The minimum absolute atomic E-state index is 0.0120. The summed E-state index contributed by atoms with van der Waals surface area (Å²) in [4.78, 5) is 32.8. The third-order valence-corrected chi connectivity index (χ3v) is 6.36. The fraction of sp³-hybridized carbons (Fsp3) is 0.259. The fourth-order valence-corrected chi connectivity index (χ4v) is 4.60. The molecule has 0 radical (unpaired) electrons. The van der Waals surface area contributed by atoms with E-state index in [2.05, 4.69) is 20.5 Å². The number of H-pyrrole nitrogens is 1. The van der Waals surface area contributed by atoms with Crippen LogP contribution >= 0.6 is 0 Å². The Labute approximate surface area is 209 Å². The highest BCUT2D eigenvalue weighted by Gasteiger charge is 2.29. The van der Waals surface area contributed by atoms with Gasteiger partial charge in [0.05, 0.1) is 31.0 Å². The second-order valence-corrected chi connectivity index (χ2v) is 8.80. The maximum atomic E-state index is 13.2. The summed E-state index contributed by atoms with van der Waals surface area (Å²) >= 11 is 0. The van der Waals surface area contributed by atoms with Crippen molar-refractivity contribution in [2.75, 3.05) is 25.6 Å². The molecule has 36 heavy (non-hydrogen) atoms. The van der Waals surface area contributed by atoms with Gasteiger partial charge in [0.25, 0.3) is 5.91 Å². The zero-order chi connectivity index (χ0) is 24.9. The van der Waals surface area contributed by atoms with E-state index >= 15 is 0 Å². The summed E-state index contributed by atoms with van der Waals surface area (Å²) in [7, 11) is 1.66. The van der Waals surface area contributed by atoms with E-state index in [0.29, 0.717) is 23.8 Å². The van der Waals surface area contributed by atoms with Crippen molar-refractivity contribution in [3.05, 3.63) is 84.4 Å². The van der Waals surface area contributed by atoms with Crippen LogP contribution in [-0.4, -0.2) is 62.8 Å². The Bertz CT molecular complexity index is 1330. The average Bonchev–Trinajstić information content (AvgIpc) is 3.67. The topological polar surface area (TPSA) is 105 Å². The second-order valence-electron chi connectivity index (χ2n) is 8.80. The number of nitrogens with zero attached hydrogens (tertiary/aromatic N) is 4. The van der Waals surface area contributed by atoms with Gasteiger partial charge in [0.15, 0.2) is 0 Å². The Morgan fingerprint density at radius 3 is 2.78 bits per heavy atom. The Hall–Kier alpha value is -4.24. The first kappa shape index (κ1) is 23.5. The number of carbonyl (C=O) groups is 2. The van der Waals surface area contributed by atoms with Gasteiger partial charge in [0.2, 0.25) is 11.9 Å². The van der Waals surface area contributed by atoms with Gasteiger partial charge in [-0.2, -0.15) is 5.10 Å². The van der Waals surface area contributed by atoms with Crippen LogP contribution in [-0.2, 0) is 16.0 Å². The normalized spacial score (nSPS) is 15.2. The predicted molar refractivity (Wildman–Crippen MR) is 136 cm³/mol. The van der Waals surface area contributed by atoms with Crippen molar-refractivity contribution in [1.82, 2.24) is 24.6 Å². The van der Waals surface area contributed by atoms with Crippen molar-refractivity contribution < 1.29 is 14.3 Å². The highest BCUT2D eigenvalue weighted by molar-refractivity contribution is 6.04. The quantitative estimate of drug-likeness (QED) is 0.397. The Morgan fingerprint density at radius 1 is 1.14 bits per heavy atom. The fourth-order valence-electron chi connectivity index (χ4n) is 4.60. The molecular weight excluding hydrogens is 456 g/mol. The molecule has 1 unspecified atom stereocenters. The van der Waals surface area contributed by atoms with Gasteiger partial charge in [-0.05, 0) is 42.7 Å². The van der Waals surface area contributed by atoms with Crippen molar-refractivity contribution in [2.24, 2.45) is 0 Å². The number of likely N-dealkylation sites (tertiary alicyclic amines) is 1. The third-order valence-electron chi connectivity index (χ3n) is 6.36. The summed E-state index contributed by atoms with van der Waals surface area (Å²) in [5, 5.41) is 9.70. The van der Waals surface area contributed by atoms with E-state index < -0.39 is 0 Å². The number of carbonyl (C=O) groups excluding carboxylic acids is 2. The number of methoxy groups -OCH3 is 1. The van der Waals surface area contributed by atoms with Crippen molar-refractivity contribution in [3.8, 4) is 16.8 Å². The standard InChI is InChI=1S/C27H28N6O3/c1-36-18-24-11-6-12-32(24)25(34)14-22-17-33(23-9-3-2-4-10-23)27(30-22)31-26(35)20-8-5-7-19(13-20)21-15-28-29-16-21/h2-5,7-10,13,15-17,24H,6,11-12,14,18H2,1H3,(H,28,29)(H,30,31,35). The Kier molecular flexibility index (Phi) is 6.90. The first-order valence-corrected chi connectivity index (χ1v) is 11.9. The largest absolute Gasteiger partial charge is 0.383 e. The van der Waals surface area contributed by atoms with Gasteiger partial charge in [0.1, 0.15) is 0 Å². The number of ether oxygens (including phenoxy) is 1. The van der Waals surface area contributed by atoms with E-state index in [1.54, 1.807) is 30.1 Å². The Balaban J connectivity index is 1.39. The first-order chi connectivity index (χ1) is 17.6. The lowest BCUT2D eigenvalue weighted by Crippen LogP contribution is -2.39. The minimum Gasteiger partial charge on any atom is -0.383 e. The summed E-state index contributed by atoms with van der Waals surface area (Å²) in [6.07, 6.45) is 7.36. The summed E-state index contributed by atoms with van der Waals surface area (Å²) < 4.78 is 7.09. The van der Waals surface area contributed by atoms with E-state index in [0.717, 1.165) is 36.2 Å². The van der Waals surface area contributed by atoms with E-state index in [4.69, 9.17) is 4.74 Å². The van der Waals surface area contributed by atoms with Crippen molar-refractivity contribution in [3.63, 3.8) is 0 Å². The van der Waals surface area contributed by atoms with Crippen LogP contribution in [0.5, 0.6) is 0 Å². The van der Waals surface area contributed by atoms with Crippen LogP contribution in [0.1, 0.15) is 28.9 Å². The van der Waals surface area contributed by atoms with Crippen LogP contribution in [0.3, 0.4) is 0 Å². The molecule has 3 heterocycles. The predicted octanol–water partition coefficient (Wildman–Crippen LogP) is 3.69. The van der Waals surface area contributed by atoms with Crippen LogP contribution in [0, 0.1) is 0 Å². The van der Waals surface area contributed by atoms with Gasteiger partial charge in [-0.15, -0.1) is 0 Å². The number of aromatic amines is 1. The van der Waals surface area contributed by atoms with Gasteiger partial charge in [0, 0.05) is 42.9 Å². The minimum atomic E-state index is -0.291. The van der Waals surface area contributed by atoms with Crippen LogP contribution < -0.4 is 5.32 Å². The molecule has 2 aromatic carbocycles. The van der Waals surface area contributed by atoms with Gasteiger partial charge in [-0.25, -0.2) is 4.98 Å². The van der Waals surface area contributed by atoms with Crippen LogP contribution in [0.25, 0.3) is 16.8 Å². The molecule has 9 nitrogen and oxygen atoms in total. The number of amides is 2. The molecule has 2 aromatic heterocycles. The second kappa shape index (κ2) is 10.6. The van der Waals surface area contributed by atoms with Crippen molar-refractivity contribution in [2.45, 2.75) is 25.3 Å². The molecule has 4 aromatic rings. The molecule has 5 rings (SSSR count). The van der Waals surface area contributed by atoms with Crippen molar-refractivity contribution in [1.29, 1.82) is 0 Å². The summed E-state index contributed by atoms with van der Waals surface area (Å²) in [5.74, 6) is 0.0798. The summed E-state index contributed by atoms with van der Waals surface area (Å²) in [5.41, 5.74) is 3.70. The number of hydrogen-bond donors (Lipinski definition) is 2. The molecule has 0 spiro atoms. The molecule has 0 saturated carbocycles. The molecule has 0 bridgehead atoms. The number of hydrogen-bond acceptors (Lipinski definition) is 5. The molecule has 1 aliphatic rings. The third kappa shape index (κ3) is 5.06. The number of anilines is 1. The maximum absolute atomic E-state index is 13.2. The van der Waals surface area contributed by atoms with Gasteiger partial charge < -0.3 is 9.64 Å². The highest BCUT2D eigenvalue weighted by atomic mass is 16.5. The molecule has 9 heteroatoms. The Morgan fingerprint density at radius 2 is 2.00 bits per heavy atom. The molecule has 0 aliphatic carbocycles. The van der Waals surface area contributed by atoms with E-state index in [1.807, 2.05) is 59.6 Å². The average molecular weight is 485 g/mol. The van der Waals surface area contributed by atoms with Gasteiger partial charge >= 0.3 is 0 Å². The van der Waals surface area contributed by atoms with Gasteiger partial charge in [-0.1, -0.05) is 30.3 Å². The van der Waals surface area contributed by atoms with Crippen molar-refractivity contribution >= 4 is 17.8 Å². The SMILES string of the molecule is COCC1CCCN1C(=O)Cc1cn(-c2ccccc2)c(NC(=O)c2cccc(-c3cn[nH]c3)c2)n1. The van der Waals surface area contributed by atoms with Crippen LogP contribution in [0.4, 0.5) is 5.95 Å². The number of para-hydroxylation sites is 1. The molecule has 1 atom stereocenters. The molecule has 2 amide bonds. The smallest absolute Gasteiger partial charge is 0.258 e. The maximum Gasteiger partial charge on any atom is 0.258 e. The lowest BCUT2D eigenvalue weighted by Gasteiger charge is -2.23. The zero-order valence-electron chi connectivity index (χ0n) is 20.1. The molecule has 1 aliphatic heterocycles. The van der Waals surface area contributed by atoms with Gasteiger partial charge in [-0.3, -0.25) is 24.6 Å². The zero-order valence-corrected chi connectivity index (χ0v) is 20.1. The van der Waals surface area contributed by atoms with E-state index in [-0.39, 0.29) is 24.3 Å². The lowest BCUT2D eigenvalue weighted by atomic mass is 10.1. The van der Waals surface area contributed by atoms with Crippen LogP contribution in [0.15, 0.2) is 73.2 Å². The number of aromatic nitrogens is 4. The number of rotatable bonds is 8. The lowest BCUT2D eigenvalue weighted by molar-refractivity contribution is -0.132. The first-order valence-electron chi connectivity index (χ1n) is 11.9. The summed E-state index contributed by atoms with van der Waals surface area (Å²) in [6, 6.07) is 17.0. The van der Waals surface area contributed by atoms with E-state index in [1.165, 1.54) is 0 Å². The molecular formula is C27H28N6O3.